The second kappa shape index (κ2) is 6.32. The summed E-state index contributed by atoms with van der Waals surface area (Å²) in [5.41, 5.74) is 5.27. The zero-order valence-corrected chi connectivity index (χ0v) is 9.56. The second-order valence-corrected chi connectivity index (χ2v) is 4.03. The third kappa shape index (κ3) is 4.06. The van der Waals surface area contributed by atoms with E-state index < -0.39 is 0 Å². The van der Waals surface area contributed by atoms with E-state index in [1.807, 2.05) is 0 Å². The molecular formula is C10H19N3O3. The lowest BCUT2D eigenvalue weighted by Crippen LogP contribution is -2.38. The first-order valence-electron chi connectivity index (χ1n) is 5.45. The fourth-order valence-electron chi connectivity index (χ4n) is 1.68. The average molecular weight is 229 g/mol. The number of likely N-dealkylation sites (N-methyl/N-ethyl adjacent to an activating group) is 1. The molecule has 1 aliphatic rings. The van der Waals surface area contributed by atoms with E-state index in [1.54, 1.807) is 11.9 Å². The number of amidine groups is 1. The second-order valence-electron chi connectivity index (χ2n) is 4.03. The van der Waals surface area contributed by atoms with Crippen LogP contribution in [0.4, 0.5) is 0 Å². The Kier molecular flexibility index (Phi) is 5.04. The fourth-order valence-corrected chi connectivity index (χ4v) is 1.68. The van der Waals surface area contributed by atoms with Gasteiger partial charge in [-0.3, -0.25) is 4.79 Å². The number of carbonyl (C=O) groups is 1. The van der Waals surface area contributed by atoms with Gasteiger partial charge in [0.25, 0.3) is 0 Å². The minimum atomic E-state index is -0.163. The van der Waals surface area contributed by atoms with Crippen LogP contribution in [0.15, 0.2) is 5.16 Å². The van der Waals surface area contributed by atoms with Crippen LogP contribution >= 0.6 is 0 Å². The van der Waals surface area contributed by atoms with Crippen molar-refractivity contribution in [2.24, 2.45) is 10.9 Å². The molecular weight excluding hydrogens is 210 g/mol. The molecule has 0 aromatic rings. The lowest BCUT2D eigenvalue weighted by atomic mass is 10.1. The zero-order chi connectivity index (χ0) is 12.0. The predicted octanol–water partition coefficient (Wildman–Crippen LogP) is 0.150. The molecule has 1 aliphatic heterocycles. The summed E-state index contributed by atoms with van der Waals surface area (Å²) < 4.78 is 5.53. The van der Waals surface area contributed by atoms with Crippen LogP contribution in [0.3, 0.4) is 0 Å². The van der Waals surface area contributed by atoms with E-state index >= 15 is 0 Å². The first-order chi connectivity index (χ1) is 7.63. The SMILES string of the molecule is CN(CC1CCCCO1)C(=O)CC(N)=NO. The number of carbonyl (C=O) groups excluding carboxylic acids is 1. The molecule has 1 unspecified atom stereocenters. The van der Waals surface area contributed by atoms with E-state index in [0.717, 1.165) is 25.9 Å². The molecule has 0 saturated carbocycles. The van der Waals surface area contributed by atoms with Crippen LogP contribution in [0.2, 0.25) is 0 Å². The molecule has 1 fully saturated rings. The molecule has 0 aromatic carbocycles. The third-order valence-electron chi connectivity index (χ3n) is 2.64. The van der Waals surface area contributed by atoms with E-state index in [1.165, 1.54) is 0 Å². The Morgan fingerprint density at radius 2 is 2.38 bits per heavy atom. The lowest BCUT2D eigenvalue weighted by molar-refractivity contribution is -0.131. The van der Waals surface area contributed by atoms with Gasteiger partial charge in [-0.15, -0.1) is 0 Å². The Labute approximate surface area is 95.0 Å². The standard InChI is InChI=1S/C10H19N3O3/c1-13(10(14)6-9(11)12-15)7-8-4-2-3-5-16-8/h8,15H,2-7H2,1H3,(H2,11,12). The van der Waals surface area contributed by atoms with Crippen molar-refractivity contribution < 1.29 is 14.7 Å². The maximum atomic E-state index is 11.6. The van der Waals surface area contributed by atoms with Gasteiger partial charge in [-0.25, -0.2) is 0 Å². The number of hydrogen-bond acceptors (Lipinski definition) is 4. The summed E-state index contributed by atoms with van der Waals surface area (Å²) in [5.74, 6) is -0.231. The highest BCUT2D eigenvalue weighted by atomic mass is 16.5. The van der Waals surface area contributed by atoms with E-state index in [0.29, 0.717) is 6.54 Å². The monoisotopic (exact) mass is 229 g/mol. The molecule has 0 radical (unpaired) electrons. The molecule has 1 atom stereocenters. The topological polar surface area (TPSA) is 88.2 Å². The maximum absolute atomic E-state index is 11.6. The van der Waals surface area contributed by atoms with Crippen LogP contribution in [0, 0.1) is 0 Å². The Morgan fingerprint density at radius 1 is 1.62 bits per heavy atom. The average Bonchev–Trinajstić information content (AvgIpc) is 2.30. The highest BCUT2D eigenvalue weighted by Crippen LogP contribution is 2.13. The van der Waals surface area contributed by atoms with Crippen LogP contribution in [0.1, 0.15) is 25.7 Å². The number of rotatable bonds is 4. The van der Waals surface area contributed by atoms with Crippen molar-refractivity contribution in [3.05, 3.63) is 0 Å². The molecule has 1 rings (SSSR count). The normalized spacial score (nSPS) is 21.8. The molecule has 16 heavy (non-hydrogen) atoms. The highest BCUT2D eigenvalue weighted by Gasteiger charge is 2.19. The summed E-state index contributed by atoms with van der Waals surface area (Å²) in [5, 5.41) is 11.1. The van der Waals surface area contributed by atoms with Gasteiger partial charge in [0.05, 0.1) is 12.5 Å². The van der Waals surface area contributed by atoms with Gasteiger partial charge in [0, 0.05) is 20.2 Å². The summed E-state index contributed by atoms with van der Waals surface area (Å²) in [6.45, 7) is 1.34. The maximum Gasteiger partial charge on any atom is 0.230 e. The number of oxime groups is 1. The van der Waals surface area contributed by atoms with Crippen molar-refractivity contribution in [2.75, 3.05) is 20.2 Å². The van der Waals surface area contributed by atoms with Crippen molar-refractivity contribution in [1.29, 1.82) is 0 Å². The van der Waals surface area contributed by atoms with E-state index in [4.69, 9.17) is 15.7 Å². The fraction of sp³-hybridized carbons (Fsp3) is 0.800. The quantitative estimate of drug-likeness (QED) is 0.311. The van der Waals surface area contributed by atoms with Crippen LogP contribution < -0.4 is 5.73 Å². The van der Waals surface area contributed by atoms with Gasteiger partial charge in [0.15, 0.2) is 0 Å². The molecule has 6 heteroatoms. The Bertz CT molecular complexity index is 262. The Morgan fingerprint density at radius 3 is 2.94 bits per heavy atom. The van der Waals surface area contributed by atoms with Crippen LogP contribution in [0.5, 0.6) is 0 Å². The van der Waals surface area contributed by atoms with Gasteiger partial charge < -0.3 is 20.6 Å². The van der Waals surface area contributed by atoms with Crippen molar-refractivity contribution in [2.45, 2.75) is 31.8 Å². The molecule has 3 N–H and O–H groups in total. The number of nitrogens with zero attached hydrogens (tertiary/aromatic N) is 2. The van der Waals surface area contributed by atoms with Gasteiger partial charge in [0.1, 0.15) is 5.84 Å². The number of amides is 1. The third-order valence-corrected chi connectivity index (χ3v) is 2.64. The predicted molar refractivity (Wildman–Crippen MR) is 59.3 cm³/mol. The molecule has 1 amide bonds. The summed E-state index contributed by atoms with van der Waals surface area (Å²) in [6.07, 6.45) is 3.29. The first kappa shape index (κ1) is 12.8. The number of ether oxygens (including phenoxy) is 1. The first-order valence-corrected chi connectivity index (χ1v) is 5.45. The molecule has 0 aliphatic carbocycles. The Hall–Kier alpha value is -1.30. The molecule has 1 saturated heterocycles. The van der Waals surface area contributed by atoms with Crippen molar-refractivity contribution >= 4 is 11.7 Å². The van der Waals surface area contributed by atoms with Crippen LogP contribution in [0.25, 0.3) is 0 Å². The van der Waals surface area contributed by atoms with Gasteiger partial charge in [-0.05, 0) is 19.3 Å². The van der Waals surface area contributed by atoms with Gasteiger partial charge in [0.2, 0.25) is 5.91 Å². The molecule has 1 heterocycles. The summed E-state index contributed by atoms with van der Waals surface area (Å²) in [6, 6.07) is 0. The molecule has 0 aromatic heterocycles. The largest absolute Gasteiger partial charge is 0.409 e. The van der Waals surface area contributed by atoms with Crippen molar-refractivity contribution in [1.82, 2.24) is 4.90 Å². The van der Waals surface area contributed by atoms with Gasteiger partial charge in [-0.2, -0.15) is 0 Å². The summed E-state index contributed by atoms with van der Waals surface area (Å²) in [4.78, 5) is 13.1. The number of nitrogens with two attached hydrogens (primary N) is 1. The molecule has 6 nitrogen and oxygen atoms in total. The lowest BCUT2D eigenvalue weighted by Gasteiger charge is -2.27. The van der Waals surface area contributed by atoms with E-state index in [2.05, 4.69) is 5.16 Å². The zero-order valence-electron chi connectivity index (χ0n) is 9.56. The van der Waals surface area contributed by atoms with E-state index in [9.17, 15) is 4.79 Å². The Balaban J connectivity index is 2.32. The van der Waals surface area contributed by atoms with Crippen molar-refractivity contribution in [3.63, 3.8) is 0 Å². The highest BCUT2D eigenvalue weighted by molar-refractivity contribution is 5.98. The van der Waals surface area contributed by atoms with Crippen LogP contribution in [-0.4, -0.2) is 48.2 Å². The molecule has 92 valence electrons. The minimum absolute atomic E-state index is 0.0558. The van der Waals surface area contributed by atoms with Gasteiger partial charge in [-0.1, -0.05) is 5.16 Å². The van der Waals surface area contributed by atoms with Crippen molar-refractivity contribution in [3.8, 4) is 0 Å². The minimum Gasteiger partial charge on any atom is -0.409 e. The van der Waals surface area contributed by atoms with Gasteiger partial charge >= 0.3 is 0 Å². The van der Waals surface area contributed by atoms with E-state index in [-0.39, 0.29) is 24.3 Å². The molecule has 0 bridgehead atoms. The smallest absolute Gasteiger partial charge is 0.230 e. The summed E-state index contributed by atoms with van der Waals surface area (Å²) >= 11 is 0. The summed E-state index contributed by atoms with van der Waals surface area (Å²) in [7, 11) is 1.70. The molecule has 0 spiro atoms. The van der Waals surface area contributed by atoms with Crippen LogP contribution in [-0.2, 0) is 9.53 Å². The number of hydrogen-bond donors (Lipinski definition) is 2.